The Balaban J connectivity index is 1.51. The van der Waals surface area contributed by atoms with Gasteiger partial charge in [0.2, 0.25) is 5.91 Å². The second kappa shape index (κ2) is 7.03. The van der Waals surface area contributed by atoms with Gasteiger partial charge in [-0.05, 0) is 56.6 Å². The van der Waals surface area contributed by atoms with Gasteiger partial charge in [0.15, 0.2) is 0 Å². The molecule has 0 spiro atoms. The van der Waals surface area contributed by atoms with Gasteiger partial charge in [0.25, 0.3) is 0 Å². The Morgan fingerprint density at radius 1 is 1.09 bits per heavy atom. The van der Waals surface area contributed by atoms with E-state index in [0.29, 0.717) is 12.1 Å². The fourth-order valence-corrected chi connectivity index (χ4v) is 3.09. The Kier molecular flexibility index (Phi) is 4.86. The first-order chi connectivity index (χ1) is 10.7. The molecule has 2 aliphatic carbocycles. The van der Waals surface area contributed by atoms with Gasteiger partial charge in [-0.25, -0.2) is 0 Å². The molecule has 120 valence electrons. The zero-order valence-electron chi connectivity index (χ0n) is 13.3. The second-order valence-corrected chi connectivity index (χ2v) is 6.64. The van der Waals surface area contributed by atoms with Crippen LogP contribution in [0.2, 0.25) is 0 Å². The van der Waals surface area contributed by atoms with Crippen LogP contribution in [0.25, 0.3) is 0 Å². The van der Waals surface area contributed by atoms with Crippen molar-refractivity contribution in [2.75, 3.05) is 11.9 Å². The highest BCUT2D eigenvalue weighted by molar-refractivity contribution is 5.73. The molecule has 0 atom stereocenters. The number of rotatable bonds is 6. The molecule has 3 rings (SSSR count). The van der Waals surface area contributed by atoms with E-state index in [1.165, 1.54) is 12.8 Å². The summed E-state index contributed by atoms with van der Waals surface area (Å²) in [5.41, 5.74) is 1.10. The van der Waals surface area contributed by atoms with E-state index in [0.717, 1.165) is 49.6 Å². The van der Waals surface area contributed by atoms with Gasteiger partial charge < -0.3 is 15.4 Å². The summed E-state index contributed by atoms with van der Waals surface area (Å²) in [5.74, 6) is 1.81. The zero-order valence-corrected chi connectivity index (χ0v) is 13.3. The lowest BCUT2D eigenvalue weighted by Crippen LogP contribution is -2.39. The molecule has 1 amide bonds. The van der Waals surface area contributed by atoms with Crippen molar-refractivity contribution in [3.8, 4) is 5.75 Å². The predicted octanol–water partition coefficient (Wildman–Crippen LogP) is 3.33. The molecule has 0 aromatic heterocycles. The molecule has 4 nitrogen and oxygen atoms in total. The van der Waals surface area contributed by atoms with Crippen molar-refractivity contribution in [3.63, 3.8) is 0 Å². The van der Waals surface area contributed by atoms with Crippen LogP contribution in [0.15, 0.2) is 24.3 Å². The number of hydrogen-bond donors (Lipinski definition) is 2. The summed E-state index contributed by atoms with van der Waals surface area (Å²) in [7, 11) is 0. The second-order valence-electron chi connectivity index (χ2n) is 6.64. The normalized spacial score (nSPS) is 24.6. The highest BCUT2D eigenvalue weighted by Crippen LogP contribution is 2.32. The lowest BCUT2D eigenvalue weighted by molar-refractivity contribution is -0.119. The minimum atomic E-state index is 0.0789. The maximum Gasteiger partial charge on any atom is 0.217 e. The van der Waals surface area contributed by atoms with Gasteiger partial charge in [0.05, 0.1) is 12.3 Å². The van der Waals surface area contributed by atoms with Crippen molar-refractivity contribution >= 4 is 11.6 Å². The minimum Gasteiger partial charge on any atom is -0.491 e. The van der Waals surface area contributed by atoms with Crippen molar-refractivity contribution in [1.29, 1.82) is 0 Å². The average molecular weight is 302 g/mol. The third kappa shape index (κ3) is 4.39. The largest absolute Gasteiger partial charge is 0.491 e. The third-order valence-electron chi connectivity index (χ3n) is 4.55. The van der Waals surface area contributed by atoms with E-state index in [9.17, 15) is 4.79 Å². The van der Waals surface area contributed by atoms with Crippen LogP contribution in [0, 0.1) is 5.92 Å². The molecule has 0 aliphatic heterocycles. The molecule has 0 unspecified atom stereocenters. The van der Waals surface area contributed by atoms with Crippen molar-refractivity contribution in [2.45, 2.75) is 57.5 Å². The number of carbonyl (C=O) groups excluding carboxylic acids is 1. The standard InChI is InChI=1S/C18H26N2O2/c1-13(21)19-15-8-10-16(11-9-15)20-17-4-2-3-5-18(17)22-12-14-6-7-14/h2-5,14-16,20H,6-12H2,1H3,(H,19,21). The smallest absolute Gasteiger partial charge is 0.217 e. The number of para-hydroxylation sites is 2. The molecule has 22 heavy (non-hydrogen) atoms. The molecule has 2 N–H and O–H groups in total. The summed E-state index contributed by atoms with van der Waals surface area (Å²) in [6.45, 7) is 2.44. The van der Waals surface area contributed by atoms with Crippen LogP contribution in [0.4, 0.5) is 5.69 Å². The number of benzene rings is 1. The summed E-state index contributed by atoms with van der Waals surface area (Å²) in [5, 5.41) is 6.66. The Bertz CT molecular complexity index is 506. The van der Waals surface area contributed by atoms with Crippen LogP contribution < -0.4 is 15.4 Å². The fourth-order valence-electron chi connectivity index (χ4n) is 3.09. The Morgan fingerprint density at radius 2 is 1.77 bits per heavy atom. The summed E-state index contributed by atoms with van der Waals surface area (Å²) in [4.78, 5) is 11.1. The zero-order chi connectivity index (χ0) is 15.4. The molecule has 0 bridgehead atoms. The number of ether oxygens (including phenoxy) is 1. The highest BCUT2D eigenvalue weighted by atomic mass is 16.5. The quantitative estimate of drug-likeness (QED) is 0.847. The van der Waals surface area contributed by atoms with Crippen LogP contribution in [-0.4, -0.2) is 24.6 Å². The van der Waals surface area contributed by atoms with E-state index in [1.807, 2.05) is 12.1 Å². The molecule has 1 aromatic carbocycles. The van der Waals surface area contributed by atoms with E-state index in [2.05, 4.69) is 22.8 Å². The summed E-state index contributed by atoms with van der Waals surface area (Å²) >= 11 is 0. The van der Waals surface area contributed by atoms with Crippen molar-refractivity contribution in [3.05, 3.63) is 24.3 Å². The first-order valence-electron chi connectivity index (χ1n) is 8.46. The van der Waals surface area contributed by atoms with Crippen LogP contribution in [0.1, 0.15) is 45.4 Å². The Hall–Kier alpha value is -1.71. The lowest BCUT2D eigenvalue weighted by Gasteiger charge is -2.30. The maximum atomic E-state index is 11.1. The topological polar surface area (TPSA) is 50.4 Å². The molecule has 4 heteroatoms. The molecule has 0 radical (unpaired) electrons. The highest BCUT2D eigenvalue weighted by Gasteiger charge is 2.24. The molecule has 2 saturated carbocycles. The summed E-state index contributed by atoms with van der Waals surface area (Å²) < 4.78 is 5.96. The van der Waals surface area contributed by atoms with Gasteiger partial charge in [-0.1, -0.05) is 12.1 Å². The van der Waals surface area contributed by atoms with E-state index in [1.54, 1.807) is 6.92 Å². The average Bonchev–Trinajstić information content (AvgIpc) is 3.32. The first-order valence-corrected chi connectivity index (χ1v) is 8.46. The van der Waals surface area contributed by atoms with Gasteiger partial charge >= 0.3 is 0 Å². The van der Waals surface area contributed by atoms with Crippen LogP contribution in [-0.2, 0) is 4.79 Å². The monoisotopic (exact) mass is 302 g/mol. The molecular formula is C18H26N2O2. The number of amides is 1. The molecule has 2 aliphatic rings. The van der Waals surface area contributed by atoms with Crippen molar-refractivity contribution in [2.24, 2.45) is 5.92 Å². The van der Waals surface area contributed by atoms with Gasteiger partial charge in [-0.3, -0.25) is 4.79 Å². The number of carbonyl (C=O) groups is 1. The molecular weight excluding hydrogens is 276 g/mol. The lowest BCUT2D eigenvalue weighted by atomic mass is 9.91. The molecule has 2 fully saturated rings. The number of hydrogen-bond acceptors (Lipinski definition) is 3. The van der Waals surface area contributed by atoms with Crippen LogP contribution >= 0.6 is 0 Å². The summed E-state index contributed by atoms with van der Waals surface area (Å²) in [6.07, 6.45) is 6.88. The number of nitrogens with one attached hydrogen (secondary N) is 2. The van der Waals surface area contributed by atoms with E-state index < -0.39 is 0 Å². The summed E-state index contributed by atoms with van der Waals surface area (Å²) in [6, 6.07) is 9.04. The molecule has 1 aromatic rings. The van der Waals surface area contributed by atoms with Gasteiger partial charge in [-0.15, -0.1) is 0 Å². The van der Waals surface area contributed by atoms with E-state index in [-0.39, 0.29) is 5.91 Å². The third-order valence-corrected chi connectivity index (χ3v) is 4.55. The Morgan fingerprint density at radius 3 is 2.45 bits per heavy atom. The molecule has 0 heterocycles. The molecule has 0 saturated heterocycles. The van der Waals surface area contributed by atoms with Crippen LogP contribution in [0.3, 0.4) is 0 Å². The Labute approximate surface area is 132 Å². The van der Waals surface area contributed by atoms with Crippen LogP contribution in [0.5, 0.6) is 5.75 Å². The number of anilines is 1. The first kappa shape index (κ1) is 15.2. The SMILES string of the molecule is CC(=O)NC1CCC(Nc2ccccc2OCC2CC2)CC1. The van der Waals surface area contributed by atoms with Crippen molar-refractivity contribution in [1.82, 2.24) is 5.32 Å². The predicted molar refractivity (Wildman–Crippen MR) is 88.1 cm³/mol. The van der Waals surface area contributed by atoms with E-state index in [4.69, 9.17) is 4.74 Å². The van der Waals surface area contributed by atoms with E-state index >= 15 is 0 Å². The van der Waals surface area contributed by atoms with Crippen molar-refractivity contribution < 1.29 is 9.53 Å². The fraction of sp³-hybridized carbons (Fsp3) is 0.611. The maximum absolute atomic E-state index is 11.1. The van der Waals surface area contributed by atoms with Gasteiger partial charge in [0.1, 0.15) is 5.75 Å². The minimum absolute atomic E-state index is 0.0789. The van der Waals surface area contributed by atoms with Gasteiger partial charge in [-0.2, -0.15) is 0 Å². The van der Waals surface area contributed by atoms with Gasteiger partial charge in [0, 0.05) is 19.0 Å².